The summed E-state index contributed by atoms with van der Waals surface area (Å²) < 4.78 is 22.8. The summed E-state index contributed by atoms with van der Waals surface area (Å²) in [5.41, 5.74) is 3.95. The van der Waals surface area contributed by atoms with Crippen LogP contribution in [0.2, 0.25) is 0 Å². The normalized spacial score (nSPS) is 25.2. The predicted molar refractivity (Wildman–Crippen MR) is 152 cm³/mol. The molecule has 1 saturated carbocycles. The number of esters is 2. The Morgan fingerprint density at radius 2 is 1.91 bits per heavy atom. The van der Waals surface area contributed by atoms with Crippen molar-refractivity contribution in [2.75, 3.05) is 25.3 Å². The molecular weight excluding hydrogens is 564 g/mol. The molecule has 1 aliphatic heterocycles. The summed E-state index contributed by atoms with van der Waals surface area (Å²) >= 11 is 0. The number of carbonyl (C=O) groups excluding carboxylic acids is 3. The summed E-state index contributed by atoms with van der Waals surface area (Å²) in [6.07, 6.45) is 0.713. The molecule has 4 atom stereocenters. The van der Waals surface area contributed by atoms with Crippen molar-refractivity contribution in [2.45, 2.75) is 88.7 Å². The molecule has 2 aromatic heterocycles. The number of hydrogen-bond acceptors (Lipinski definition) is 13. The first-order valence-electron chi connectivity index (χ1n) is 14.1. The van der Waals surface area contributed by atoms with Crippen LogP contribution in [0, 0.1) is 5.41 Å². The molecule has 15 heteroatoms. The topological polar surface area (TPSA) is 209 Å². The number of aliphatic imine (C=N–C) groups is 1. The van der Waals surface area contributed by atoms with E-state index >= 15 is 0 Å². The van der Waals surface area contributed by atoms with Crippen LogP contribution in [-0.2, 0) is 34.1 Å². The Kier molecular flexibility index (Phi) is 9.69. The number of rotatable bonds is 10. The molecule has 1 aliphatic carbocycles. The summed E-state index contributed by atoms with van der Waals surface area (Å²) in [5, 5.41) is 28.8. The zero-order valence-corrected chi connectivity index (χ0v) is 24.7. The molecule has 2 fully saturated rings. The van der Waals surface area contributed by atoms with Gasteiger partial charge in [0.1, 0.15) is 36.8 Å². The van der Waals surface area contributed by atoms with Gasteiger partial charge in [0, 0.05) is 5.54 Å². The van der Waals surface area contributed by atoms with Crippen molar-refractivity contribution in [1.82, 2.24) is 14.6 Å². The third-order valence-electron chi connectivity index (χ3n) is 7.74. The minimum atomic E-state index is -1.63. The number of ether oxygens (including phenoxy) is 4. The molecule has 0 unspecified atom stereocenters. The first-order valence-corrected chi connectivity index (χ1v) is 14.1. The molecule has 2 aliphatic rings. The average molecular weight is 605 g/mol. The average Bonchev–Trinajstić information content (AvgIpc) is 3.48. The molecule has 0 radical (unpaired) electrons. The standard InChI is InChI=1S/C28H40N6O9/c1-26(2,3)24(38)41-16-42-25(39)33-23-17-8-9-19(34(17)32-15-31-23)28(14-30-4)22(37)21(36)18(43-28)13-40-20(35)12-27(29)10-6-5-7-11-27/h8-9,15,18,21-22,36-37H,4-7,10-14,16,29H2,1-3H3,(H,31,32,33,39)/t18-,21-,22-,28+/m1/s1. The summed E-state index contributed by atoms with van der Waals surface area (Å²) in [6.45, 7) is 7.43. The van der Waals surface area contributed by atoms with E-state index in [9.17, 15) is 24.6 Å². The van der Waals surface area contributed by atoms with Crippen molar-refractivity contribution in [1.29, 1.82) is 0 Å². The first-order chi connectivity index (χ1) is 20.3. The Labute approximate surface area is 248 Å². The number of anilines is 1. The van der Waals surface area contributed by atoms with Crippen LogP contribution in [0.3, 0.4) is 0 Å². The number of fused-ring (bicyclic) bond motifs is 1. The number of aliphatic hydroxyl groups excluding tert-OH is 2. The molecule has 15 nitrogen and oxygen atoms in total. The van der Waals surface area contributed by atoms with Crippen LogP contribution in [0.5, 0.6) is 0 Å². The van der Waals surface area contributed by atoms with Crippen LogP contribution < -0.4 is 11.1 Å². The van der Waals surface area contributed by atoms with E-state index in [0.717, 1.165) is 38.4 Å². The lowest BCUT2D eigenvalue weighted by Gasteiger charge is -2.32. The summed E-state index contributed by atoms with van der Waals surface area (Å²) in [7, 11) is 0. The van der Waals surface area contributed by atoms with E-state index in [2.05, 4.69) is 27.1 Å². The Morgan fingerprint density at radius 1 is 1.19 bits per heavy atom. The summed E-state index contributed by atoms with van der Waals surface area (Å²) in [4.78, 5) is 44.9. The van der Waals surface area contributed by atoms with E-state index < -0.39 is 59.7 Å². The monoisotopic (exact) mass is 604 g/mol. The molecule has 1 saturated heterocycles. The lowest BCUT2D eigenvalue weighted by Crippen LogP contribution is -2.44. The molecule has 2 aromatic rings. The second-order valence-corrected chi connectivity index (χ2v) is 12.1. The van der Waals surface area contributed by atoms with Gasteiger partial charge in [-0.3, -0.25) is 19.9 Å². The maximum atomic E-state index is 12.6. The van der Waals surface area contributed by atoms with Gasteiger partial charge in [-0.1, -0.05) is 19.3 Å². The van der Waals surface area contributed by atoms with E-state index in [0.29, 0.717) is 5.52 Å². The van der Waals surface area contributed by atoms with Crippen LogP contribution in [-0.4, -0.2) is 93.4 Å². The van der Waals surface area contributed by atoms with Gasteiger partial charge >= 0.3 is 18.0 Å². The van der Waals surface area contributed by atoms with E-state index in [1.807, 2.05) is 0 Å². The lowest BCUT2D eigenvalue weighted by molar-refractivity contribution is -0.161. The first kappa shape index (κ1) is 32.3. The van der Waals surface area contributed by atoms with Gasteiger partial charge < -0.3 is 34.9 Å². The zero-order chi connectivity index (χ0) is 31.4. The van der Waals surface area contributed by atoms with Gasteiger partial charge in [0.15, 0.2) is 11.4 Å². The van der Waals surface area contributed by atoms with Gasteiger partial charge in [-0.15, -0.1) is 0 Å². The highest BCUT2D eigenvalue weighted by molar-refractivity contribution is 5.88. The van der Waals surface area contributed by atoms with Crippen molar-refractivity contribution in [3.63, 3.8) is 0 Å². The van der Waals surface area contributed by atoms with Gasteiger partial charge in [0.05, 0.1) is 24.1 Å². The quantitative estimate of drug-likeness (QED) is 0.172. The smallest absolute Gasteiger partial charge is 0.415 e. The molecule has 1 amide bonds. The van der Waals surface area contributed by atoms with Gasteiger partial charge in [-0.05, 0) is 52.5 Å². The highest BCUT2D eigenvalue weighted by Crippen LogP contribution is 2.41. The van der Waals surface area contributed by atoms with Crippen molar-refractivity contribution < 1.29 is 43.5 Å². The minimum Gasteiger partial charge on any atom is -0.463 e. The van der Waals surface area contributed by atoms with Gasteiger partial charge in [-0.25, -0.2) is 14.3 Å². The molecule has 236 valence electrons. The number of aliphatic hydroxyl groups is 2. The lowest BCUT2D eigenvalue weighted by atomic mass is 9.80. The number of nitrogens with zero attached hydrogens (tertiary/aromatic N) is 4. The number of nitrogens with one attached hydrogen (secondary N) is 1. The molecule has 43 heavy (non-hydrogen) atoms. The van der Waals surface area contributed by atoms with E-state index in [-0.39, 0.29) is 31.1 Å². The molecule has 0 aromatic carbocycles. The maximum absolute atomic E-state index is 12.6. The Morgan fingerprint density at radius 3 is 2.58 bits per heavy atom. The second kappa shape index (κ2) is 12.9. The van der Waals surface area contributed by atoms with E-state index in [4.69, 9.17) is 24.7 Å². The number of hydrogen-bond donors (Lipinski definition) is 4. The maximum Gasteiger partial charge on any atom is 0.415 e. The van der Waals surface area contributed by atoms with E-state index in [1.165, 1.54) is 4.52 Å². The summed E-state index contributed by atoms with van der Waals surface area (Å²) in [5.74, 6) is -1.00. The molecule has 0 spiro atoms. The van der Waals surface area contributed by atoms with Crippen LogP contribution in [0.4, 0.5) is 10.6 Å². The SMILES string of the molecule is C=NC[C@@]1(c2ccc3c(NC(=O)OCOC(=O)C(C)(C)C)ncnn23)O[C@H](COC(=O)CC2(N)CCCCC2)[C@@H](O)[C@H]1O. The van der Waals surface area contributed by atoms with Gasteiger partial charge in [0.2, 0.25) is 6.79 Å². The second-order valence-electron chi connectivity index (χ2n) is 12.1. The molecular formula is C28H40N6O9. The third kappa shape index (κ3) is 7.12. The number of carbonyl (C=O) groups is 3. The largest absolute Gasteiger partial charge is 0.463 e. The molecule has 3 heterocycles. The molecule has 5 N–H and O–H groups in total. The minimum absolute atomic E-state index is 0.0482. The Bertz CT molecular complexity index is 1340. The number of nitrogens with two attached hydrogens (primary N) is 1. The summed E-state index contributed by atoms with van der Waals surface area (Å²) in [6, 6.07) is 3.14. The van der Waals surface area contributed by atoms with Crippen molar-refractivity contribution in [3.8, 4) is 0 Å². The number of amides is 1. The number of aromatic nitrogens is 3. The fourth-order valence-corrected chi connectivity index (χ4v) is 5.39. The van der Waals surface area contributed by atoms with Crippen molar-refractivity contribution >= 4 is 36.1 Å². The predicted octanol–water partition coefficient (Wildman–Crippen LogP) is 1.44. The van der Waals surface area contributed by atoms with Crippen LogP contribution in [0.25, 0.3) is 5.52 Å². The van der Waals surface area contributed by atoms with Crippen molar-refractivity contribution in [3.05, 3.63) is 24.2 Å². The van der Waals surface area contributed by atoms with Crippen molar-refractivity contribution in [2.24, 2.45) is 16.1 Å². The molecule has 4 rings (SSSR count). The van der Waals surface area contributed by atoms with Gasteiger partial charge in [-0.2, -0.15) is 5.10 Å². The fourth-order valence-electron chi connectivity index (χ4n) is 5.39. The highest BCUT2D eigenvalue weighted by Gasteiger charge is 2.57. The molecule has 0 bridgehead atoms. The zero-order valence-electron chi connectivity index (χ0n) is 24.7. The fraction of sp³-hybridized carbons (Fsp3) is 0.643. The van der Waals surface area contributed by atoms with Gasteiger partial charge in [0.25, 0.3) is 0 Å². The highest BCUT2D eigenvalue weighted by atomic mass is 16.7. The van der Waals surface area contributed by atoms with Crippen LogP contribution in [0.15, 0.2) is 23.5 Å². The Hall–Kier alpha value is -3.66. The van der Waals surface area contributed by atoms with Crippen LogP contribution in [0.1, 0.15) is 65.0 Å². The third-order valence-corrected chi connectivity index (χ3v) is 7.74. The van der Waals surface area contributed by atoms with Crippen LogP contribution >= 0.6 is 0 Å². The van der Waals surface area contributed by atoms with E-state index in [1.54, 1.807) is 32.9 Å². The Balaban J connectivity index is 1.47.